The quantitative estimate of drug-likeness (QED) is 0.807. The summed E-state index contributed by atoms with van der Waals surface area (Å²) in [5.41, 5.74) is 1.64. The van der Waals surface area contributed by atoms with Crippen molar-refractivity contribution in [1.29, 1.82) is 0 Å². The molecule has 0 aliphatic heterocycles. The molecule has 0 N–H and O–H groups in total. The van der Waals surface area contributed by atoms with Crippen LogP contribution in [0.1, 0.15) is 0 Å². The fraction of sp³-hybridized carbons (Fsp3) is 0.100. The van der Waals surface area contributed by atoms with Gasteiger partial charge < -0.3 is 0 Å². The van der Waals surface area contributed by atoms with Gasteiger partial charge in [-0.25, -0.2) is 13.4 Å². The van der Waals surface area contributed by atoms with Crippen molar-refractivity contribution in [1.82, 2.24) is 4.98 Å². The Balaban J connectivity index is 2.46. The van der Waals surface area contributed by atoms with Gasteiger partial charge >= 0.3 is 0 Å². The highest BCUT2D eigenvalue weighted by Gasteiger charge is 2.12. The minimum atomic E-state index is -3.18. The molecule has 1 aromatic heterocycles. The van der Waals surface area contributed by atoms with Gasteiger partial charge in [0.05, 0.1) is 5.69 Å². The Morgan fingerprint density at radius 3 is 2.40 bits per heavy atom. The van der Waals surface area contributed by atoms with Gasteiger partial charge in [-0.05, 0) is 0 Å². The van der Waals surface area contributed by atoms with E-state index in [1.165, 1.54) is 6.26 Å². The van der Waals surface area contributed by atoms with Gasteiger partial charge in [0.25, 0.3) is 0 Å². The van der Waals surface area contributed by atoms with Crippen molar-refractivity contribution in [3.05, 3.63) is 35.7 Å². The average molecular weight is 239 g/mol. The molecule has 0 fully saturated rings. The molecular weight excluding hydrogens is 230 g/mol. The van der Waals surface area contributed by atoms with Crippen molar-refractivity contribution < 1.29 is 8.42 Å². The van der Waals surface area contributed by atoms with Crippen molar-refractivity contribution in [3.63, 3.8) is 0 Å². The lowest BCUT2D eigenvalue weighted by atomic mass is 10.2. The van der Waals surface area contributed by atoms with E-state index in [4.69, 9.17) is 0 Å². The van der Waals surface area contributed by atoms with Crippen LogP contribution in [-0.4, -0.2) is 19.7 Å². The Hall–Kier alpha value is -1.20. The van der Waals surface area contributed by atoms with Gasteiger partial charge in [0, 0.05) is 17.2 Å². The molecule has 0 spiro atoms. The zero-order valence-corrected chi connectivity index (χ0v) is 9.68. The first kappa shape index (κ1) is 10.3. The van der Waals surface area contributed by atoms with Crippen molar-refractivity contribution in [2.24, 2.45) is 0 Å². The van der Waals surface area contributed by atoms with E-state index in [1.54, 1.807) is 5.38 Å². The molecule has 0 radical (unpaired) electrons. The second kappa shape index (κ2) is 3.75. The normalized spacial score (nSPS) is 11.5. The fourth-order valence-corrected chi connectivity index (χ4v) is 2.83. The largest absolute Gasteiger partial charge is 0.225 e. The van der Waals surface area contributed by atoms with Crippen LogP contribution in [0.15, 0.2) is 40.1 Å². The third-order valence-corrected chi connectivity index (χ3v) is 4.43. The Labute approximate surface area is 92.3 Å². The number of rotatable bonds is 2. The summed E-state index contributed by atoms with van der Waals surface area (Å²) in [6.07, 6.45) is 1.17. The fourth-order valence-electron chi connectivity index (χ4n) is 1.17. The highest BCUT2D eigenvalue weighted by molar-refractivity contribution is 7.92. The summed E-state index contributed by atoms with van der Waals surface area (Å²) in [5, 5.41) is 1.76. The Bertz CT molecular complexity index is 558. The molecule has 0 saturated heterocycles. The molecule has 5 heteroatoms. The molecular formula is C10H9NO2S2. The van der Waals surface area contributed by atoms with E-state index >= 15 is 0 Å². The number of thiazole rings is 1. The predicted octanol–water partition coefficient (Wildman–Crippen LogP) is 2.21. The van der Waals surface area contributed by atoms with E-state index < -0.39 is 9.84 Å². The van der Waals surface area contributed by atoms with Crippen LogP contribution in [0.4, 0.5) is 0 Å². The molecule has 1 heterocycles. The van der Waals surface area contributed by atoms with Gasteiger partial charge in [0.15, 0.2) is 0 Å². The van der Waals surface area contributed by atoms with Gasteiger partial charge in [-0.15, -0.1) is 11.3 Å². The highest BCUT2D eigenvalue weighted by atomic mass is 32.2. The maximum atomic E-state index is 11.2. The summed E-state index contributed by atoms with van der Waals surface area (Å²) < 4.78 is 22.6. The third kappa shape index (κ3) is 2.24. The first-order valence-electron chi connectivity index (χ1n) is 4.28. The van der Waals surface area contributed by atoms with Gasteiger partial charge in [0.1, 0.15) is 0 Å². The van der Waals surface area contributed by atoms with E-state index in [9.17, 15) is 8.42 Å². The molecule has 0 amide bonds. The zero-order chi connectivity index (χ0) is 10.9. The lowest BCUT2D eigenvalue weighted by Gasteiger charge is -1.93. The minimum absolute atomic E-state index is 0.168. The van der Waals surface area contributed by atoms with Crippen LogP contribution in [0, 0.1) is 0 Å². The SMILES string of the molecule is CS(=O)(=O)c1nc(-c2ccccc2)cs1. The van der Waals surface area contributed by atoms with E-state index in [1.807, 2.05) is 30.3 Å². The summed E-state index contributed by atoms with van der Waals surface area (Å²) in [4.78, 5) is 4.08. The Kier molecular flexibility index (Phi) is 2.58. The smallest absolute Gasteiger partial charge is 0.209 e. The molecule has 3 nitrogen and oxygen atoms in total. The van der Waals surface area contributed by atoms with E-state index in [-0.39, 0.29) is 4.34 Å². The highest BCUT2D eigenvalue weighted by Crippen LogP contribution is 2.23. The van der Waals surface area contributed by atoms with Crippen LogP contribution >= 0.6 is 11.3 Å². The Morgan fingerprint density at radius 1 is 1.20 bits per heavy atom. The molecule has 0 unspecified atom stereocenters. The van der Waals surface area contributed by atoms with Crippen LogP contribution in [0.3, 0.4) is 0 Å². The summed E-state index contributed by atoms with van der Waals surface area (Å²) in [7, 11) is -3.18. The second-order valence-electron chi connectivity index (χ2n) is 3.14. The van der Waals surface area contributed by atoms with E-state index in [0.29, 0.717) is 5.69 Å². The monoisotopic (exact) mass is 239 g/mol. The van der Waals surface area contributed by atoms with Gasteiger partial charge in [-0.1, -0.05) is 30.3 Å². The lowest BCUT2D eigenvalue weighted by Crippen LogP contribution is -1.95. The van der Waals surface area contributed by atoms with Crippen molar-refractivity contribution in [3.8, 4) is 11.3 Å². The van der Waals surface area contributed by atoms with Gasteiger partial charge in [0.2, 0.25) is 14.2 Å². The predicted molar refractivity (Wildman–Crippen MR) is 60.7 cm³/mol. The maximum Gasteiger partial charge on any atom is 0.209 e. The minimum Gasteiger partial charge on any atom is -0.225 e. The molecule has 15 heavy (non-hydrogen) atoms. The topological polar surface area (TPSA) is 47.0 Å². The van der Waals surface area contributed by atoms with Crippen molar-refractivity contribution in [2.45, 2.75) is 4.34 Å². The number of sulfone groups is 1. The number of hydrogen-bond acceptors (Lipinski definition) is 4. The maximum absolute atomic E-state index is 11.2. The number of aromatic nitrogens is 1. The van der Waals surface area contributed by atoms with E-state index in [2.05, 4.69) is 4.98 Å². The standard InChI is InChI=1S/C10H9NO2S2/c1-15(12,13)10-11-9(7-14-10)8-5-3-2-4-6-8/h2-7H,1H3. The molecule has 2 rings (SSSR count). The average Bonchev–Trinajstić information content (AvgIpc) is 2.67. The summed E-state index contributed by atoms with van der Waals surface area (Å²) in [6.45, 7) is 0. The molecule has 78 valence electrons. The zero-order valence-electron chi connectivity index (χ0n) is 8.04. The van der Waals surface area contributed by atoms with Crippen molar-refractivity contribution in [2.75, 3.05) is 6.26 Å². The molecule has 0 aliphatic rings. The van der Waals surface area contributed by atoms with Crippen LogP contribution in [0.2, 0.25) is 0 Å². The van der Waals surface area contributed by atoms with Crippen LogP contribution < -0.4 is 0 Å². The third-order valence-electron chi connectivity index (χ3n) is 1.87. The molecule has 0 atom stereocenters. The number of hydrogen-bond donors (Lipinski definition) is 0. The number of benzene rings is 1. The summed E-state index contributed by atoms with van der Waals surface area (Å²) in [6, 6.07) is 9.51. The molecule has 0 saturated carbocycles. The first-order valence-corrected chi connectivity index (χ1v) is 7.05. The van der Waals surface area contributed by atoms with Crippen LogP contribution in [0.25, 0.3) is 11.3 Å². The van der Waals surface area contributed by atoms with E-state index in [0.717, 1.165) is 16.9 Å². The second-order valence-corrected chi connectivity index (χ2v) is 6.18. The molecule has 0 bridgehead atoms. The summed E-state index contributed by atoms with van der Waals surface area (Å²) in [5.74, 6) is 0. The lowest BCUT2D eigenvalue weighted by molar-refractivity contribution is 0.601. The van der Waals surface area contributed by atoms with Crippen molar-refractivity contribution >= 4 is 21.2 Å². The van der Waals surface area contributed by atoms with Crippen LogP contribution in [-0.2, 0) is 9.84 Å². The van der Waals surface area contributed by atoms with Crippen LogP contribution in [0.5, 0.6) is 0 Å². The molecule has 0 aliphatic carbocycles. The first-order chi connectivity index (χ1) is 7.07. The molecule has 1 aromatic carbocycles. The Morgan fingerprint density at radius 2 is 1.87 bits per heavy atom. The number of nitrogens with zero attached hydrogens (tertiary/aromatic N) is 1. The van der Waals surface area contributed by atoms with Gasteiger partial charge in [-0.3, -0.25) is 0 Å². The molecule has 2 aromatic rings. The summed E-state index contributed by atoms with van der Waals surface area (Å²) >= 11 is 1.15. The van der Waals surface area contributed by atoms with Gasteiger partial charge in [-0.2, -0.15) is 0 Å².